The lowest BCUT2D eigenvalue weighted by atomic mass is 10.0. The maximum Gasteiger partial charge on any atom is 0.154 e. The van der Waals surface area contributed by atoms with Crippen LogP contribution in [-0.2, 0) is 0 Å². The summed E-state index contributed by atoms with van der Waals surface area (Å²) >= 11 is 0. The molecule has 0 saturated heterocycles. The zero-order valence-corrected chi connectivity index (χ0v) is 32.4. The molecule has 0 radical (unpaired) electrons. The van der Waals surface area contributed by atoms with Crippen LogP contribution in [-0.4, -0.2) is 17.2 Å². The fourth-order valence-corrected chi connectivity index (χ4v) is 15.5. The Bertz CT molecular complexity index is 2960. The van der Waals surface area contributed by atoms with Crippen molar-refractivity contribution < 1.29 is 0 Å². The highest BCUT2D eigenvalue weighted by atomic mass is 28.3. The summed E-state index contributed by atoms with van der Waals surface area (Å²) in [6.45, 7) is 7.38. The van der Waals surface area contributed by atoms with Crippen molar-refractivity contribution in [2.75, 3.05) is 0 Å². The van der Waals surface area contributed by atoms with Crippen LogP contribution in [0, 0.1) is 0 Å². The largest absolute Gasteiger partial charge is 0.307 e. The van der Waals surface area contributed by atoms with Crippen molar-refractivity contribution in [2.24, 2.45) is 0 Å². The molecule has 10 rings (SSSR count). The van der Waals surface area contributed by atoms with Gasteiger partial charge in [-0.1, -0.05) is 191 Å². The molecule has 3 heteroatoms. The Hall–Kier alpha value is -6.42. The van der Waals surface area contributed by atoms with Gasteiger partial charge in [-0.05, 0) is 56.5 Å². The number of hydrogen-bond donors (Lipinski definition) is 0. The first-order chi connectivity index (χ1) is 27.0. The molecule has 264 valence electrons. The molecule has 0 aliphatic heterocycles. The molecule has 2 heterocycles. The fourth-order valence-electron chi connectivity index (χ4n) is 9.68. The maximum atomic E-state index is 2.55. The van der Waals surface area contributed by atoms with Crippen LogP contribution >= 0.6 is 0 Å². The predicted octanol–water partition coefficient (Wildman–Crippen LogP) is 11.8. The van der Waals surface area contributed by atoms with E-state index in [4.69, 9.17) is 0 Å². The van der Waals surface area contributed by atoms with Crippen LogP contribution in [0.1, 0.15) is 20.8 Å². The summed E-state index contributed by atoms with van der Waals surface area (Å²) in [5, 5.41) is 9.37. The van der Waals surface area contributed by atoms with Gasteiger partial charge in [-0.25, -0.2) is 0 Å². The minimum atomic E-state index is -2.70. The summed E-state index contributed by atoms with van der Waals surface area (Å²) in [5.74, 6) is 0. The van der Waals surface area contributed by atoms with Crippen LogP contribution in [0.3, 0.4) is 0 Å². The molecule has 0 fully saturated rings. The van der Waals surface area contributed by atoms with Gasteiger partial charge in [0, 0.05) is 27.1 Å². The second kappa shape index (κ2) is 12.9. The molecule has 2 aromatic heterocycles. The summed E-state index contributed by atoms with van der Waals surface area (Å²) in [5.41, 5.74) is 9.58. The van der Waals surface area contributed by atoms with Crippen molar-refractivity contribution in [2.45, 2.75) is 25.8 Å². The number of aromatic nitrogens is 2. The Labute approximate surface area is 323 Å². The monoisotopic (exact) mass is 722 g/mol. The molecule has 0 atom stereocenters. The van der Waals surface area contributed by atoms with Crippen molar-refractivity contribution in [3.63, 3.8) is 0 Å². The summed E-state index contributed by atoms with van der Waals surface area (Å²) in [7, 11) is -2.70. The number of nitrogens with zero attached hydrogens (tertiary/aromatic N) is 2. The van der Waals surface area contributed by atoms with E-state index in [-0.39, 0.29) is 5.04 Å². The van der Waals surface area contributed by atoms with Gasteiger partial charge in [-0.3, -0.25) is 0 Å². The van der Waals surface area contributed by atoms with Gasteiger partial charge in [0.1, 0.15) is 0 Å². The van der Waals surface area contributed by atoms with E-state index in [2.05, 4.69) is 230 Å². The van der Waals surface area contributed by atoms with Gasteiger partial charge in [-0.15, -0.1) is 0 Å². The highest BCUT2D eigenvalue weighted by molar-refractivity contribution is 7.14. The van der Waals surface area contributed by atoms with E-state index in [0.29, 0.717) is 0 Å². The topological polar surface area (TPSA) is 9.86 Å². The van der Waals surface area contributed by atoms with E-state index in [1.54, 1.807) is 0 Å². The van der Waals surface area contributed by atoms with Crippen molar-refractivity contribution in [3.05, 3.63) is 200 Å². The molecule has 0 N–H and O–H groups in total. The number of benzene rings is 8. The van der Waals surface area contributed by atoms with Crippen molar-refractivity contribution in [1.82, 2.24) is 9.13 Å². The van der Waals surface area contributed by atoms with E-state index >= 15 is 0 Å². The molecule has 0 aliphatic carbocycles. The van der Waals surface area contributed by atoms with E-state index < -0.39 is 8.07 Å². The fraction of sp³-hybridized carbons (Fsp3) is 0.0769. The first-order valence-electron chi connectivity index (χ1n) is 19.3. The second-order valence-electron chi connectivity index (χ2n) is 15.7. The first kappa shape index (κ1) is 33.2. The van der Waals surface area contributed by atoms with Crippen molar-refractivity contribution >= 4 is 67.2 Å². The lowest BCUT2D eigenvalue weighted by Gasteiger charge is -2.45. The van der Waals surface area contributed by atoms with Gasteiger partial charge >= 0.3 is 0 Å². The van der Waals surface area contributed by atoms with E-state index in [1.807, 2.05) is 0 Å². The van der Waals surface area contributed by atoms with Crippen LogP contribution in [0.5, 0.6) is 0 Å². The molecule has 10 aromatic rings. The Morgan fingerprint density at radius 3 is 1.55 bits per heavy atom. The van der Waals surface area contributed by atoms with Gasteiger partial charge in [0.25, 0.3) is 0 Å². The predicted molar refractivity (Wildman–Crippen MR) is 238 cm³/mol. The molecule has 0 spiro atoms. The lowest BCUT2D eigenvalue weighted by Crippen LogP contribution is -2.72. The third kappa shape index (κ3) is 4.93. The standard InChI is InChI=1S/C52H42N2Si/c1-52(2,3)55(38-23-9-5-10-24-38,39-25-11-6-12-26-39)49-36-20-34-47-50(49)43-29-15-18-33-46(43)53(47)48-35-19-30-42-41-28-14-17-32-45(41)54(51(42)48)44-31-16-13-27-40(44)37-21-7-4-8-22-37/h4-36H,1-3H3. The summed E-state index contributed by atoms with van der Waals surface area (Å²) in [4.78, 5) is 0. The van der Waals surface area contributed by atoms with E-state index in [9.17, 15) is 0 Å². The number of para-hydroxylation sites is 4. The molecule has 8 aromatic carbocycles. The molecule has 2 nitrogen and oxygen atoms in total. The van der Waals surface area contributed by atoms with Crippen LogP contribution in [0.25, 0.3) is 66.1 Å². The van der Waals surface area contributed by atoms with E-state index in [1.165, 1.54) is 81.7 Å². The normalized spacial score (nSPS) is 12.3. The lowest BCUT2D eigenvalue weighted by molar-refractivity contribution is 0.740. The Balaban J connectivity index is 1.37. The van der Waals surface area contributed by atoms with Gasteiger partial charge in [-0.2, -0.15) is 0 Å². The SMILES string of the molecule is CC(C)(C)[Si](c1ccccc1)(c1ccccc1)c1cccc2c1c1ccccc1n2-c1cccc2c3ccccc3n(-c3ccccc3-c3ccccc3)c12. The molecule has 0 bridgehead atoms. The second-order valence-corrected chi connectivity index (χ2v) is 20.4. The molecular weight excluding hydrogens is 681 g/mol. The summed E-state index contributed by atoms with van der Waals surface area (Å²) in [6, 6.07) is 74.3. The molecule has 0 saturated carbocycles. The van der Waals surface area contributed by atoms with Crippen LogP contribution in [0.15, 0.2) is 200 Å². The summed E-state index contributed by atoms with van der Waals surface area (Å²) in [6.07, 6.45) is 0. The smallest absolute Gasteiger partial charge is 0.154 e. The Kier molecular flexibility index (Phi) is 7.76. The average molecular weight is 723 g/mol. The number of rotatable bonds is 6. The molecule has 0 amide bonds. The maximum absolute atomic E-state index is 2.70. The minimum Gasteiger partial charge on any atom is -0.307 e. The van der Waals surface area contributed by atoms with Crippen molar-refractivity contribution in [1.29, 1.82) is 0 Å². The zero-order valence-electron chi connectivity index (χ0n) is 31.4. The minimum absolute atomic E-state index is 0.0548. The molecule has 0 unspecified atom stereocenters. The van der Waals surface area contributed by atoms with Gasteiger partial charge in [0.15, 0.2) is 8.07 Å². The van der Waals surface area contributed by atoms with E-state index in [0.717, 1.165) is 0 Å². The zero-order chi connectivity index (χ0) is 37.1. The third-order valence-electron chi connectivity index (χ3n) is 11.8. The molecule has 0 aliphatic rings. The molecular formula is C52H42N2Si. The van der Waals surface area contributed by atoms with Crippen molar-refractivity contribution in [3.8, 4) is 22.5 Å². The first-order valence-corrected chi connectivity index (χ1v) is 21.3. The van der Waals surface area contributed by atoms with Crippen LogP contribution < -0.4 is 15.6 Å². The number of hydrogen-bond acceptors (Lipinski definition) is 0. The Morgan fingerprint density at radius 1 is 0.382 bits per heavy atom. The van der Waals surface area contributed by atoms with Gasteiger partial charge < -0.3 is 9.13 Å². The number of fused-ring (bicyclic) bond motifs is 6. The third-order valence-corrected chi connectivity index (χ3v) is 17.7. The molecule has 55 heavy (non-hydrogen) atoms. The Morgan fingerprint density at radius 2 is 0.873 bits per heavy atom. The van der Waals surface area contributed by atoms with Gasteiger partial charge in [0.05, 0.1) is 33.4 Å². The quantitative estimate of drug-likeness (QED) is 0.119. The van der Waals surface area contributed by atoms with Crippen LogP contribution in [0.2, 0.25) is 5.04 Å². The summed E-state index contributed by atoms with van der Waals surface area (Å²) < 4.78 is 5.06. The highest BCUT2D eigenvalue weighted by Crippen LogP contribution is 2.43. The highest BCUT2D eigenvalue weighted by Gasteiger charge is 2.50. The van der Waals surface area contributed by atoms with Gasteiger partial charge in [0.2, 0.25) is 0 Å². The van der Waals surface area contributed by atoms with Crippen LogP contribution in [0.4, 0.5) is 0 Å². The average Bonchev–Trinajstić information content (AvgIpc) is 3.75.